The number of nitrogens with zero attached hydrogens (tertiary/aromatic N) is 2. The molecule has 0 spiro atoms. The molecule has 174 valence electrons. The quantitative estimate of drug-likeness (QED) is 0.307. The molecule has 0 aliphatic heterocycles. The van der Waals surface area contributed by atoms with E-state index in [1.807, 2.05) is 29.6 Å². The molecule has 0 amide bonds. The number of hydrogen-bond donors (Lipinski definition) is 0. The van der Waals surface area contributed by atoms with E-state index in [0.29, 0.717) is 24.3 Å². The first-order valence-electron chi connectivity index (χ1n) is 10.4. The average molecular weight is 487 g/mol. The van der Waals surface area contributed by atoms with Crippen LogP contribution in [-0.2, 0) is 26.2 Å². The Morgan fingerprint density at radius 3 is 2.52 bits per heavy atom. The van der Waals surface area contributed by atoms with E-state index in [1.54, 1.807) is 39.2 Å². The molecule has 0 N–H and O–H groups in total. The van der Waals surface area contributed by atoms with Crippen molar-refractivity contribution in [2.45, 2.75) is 25.3 Å². The fourth-order valence-electron chi connectivity index (χ4n) is 3.08. The van der Waals surface area contributed by atoms with Crippen LogP contribution in [0, 0.1) is 0 Å². The predicted octanol–water partition coefficient (Wildman–Crippen LogP) is 4.61. The Labute approximate surface area is 198 Å². The molecule has 1 aromatic heterocycles. The fourth-order valence-corrected chi connectivity index (χ4v) is 5.34. The number of ether oxygens (including phenoxy) is 2. The van der Waals surface area contributed by atoms with E-state index in [2.05, 4.69) is 4.98 Å². The van der Waals surface area contributed by atoms with Crippen LogP contribution in [0.1, 0.15) is 25.1 Å². The van der Waals surface area contributed by atoms with Gasteiger partial charge in [-0.25, -0.2) is 18.2 Å². The van der Waals surface area contributed by atoms with Crippen molar-refractivity contribution in [2.75, 3.05) is 20.2 Å². The third-order valence-electron chi connectivity index (χ3n) is 4.87. The van der Waals surface area contributed by atoms with E-state index in [-0.39, 0.29) is 11.5 Å². The summed E-state index contributed by atoms with van der Waals surface area (Å²) in [6.45, 7) is 4.48. The van der Waals surface area contributed by atoms with Crippen molar-refractivity contribution in [1.29, 1.82) is 0 Å². The highest BCUT2D eigenvalue weighted by Crippen LogP contribution is 2.27. The Kier molecular flexibility index (Phi) is 8.37. The minimum absolute atomic E-state index is 0.0602. The maximum absolute atomic E-state index is 12.5. The summed E-state index contributed by atoms with van der Waals surface area (Å²) >= 11 is 1.46. The third kappa shape index (κ3) is 6.28. The molecule has 0 atom stereocenters. The van der Waals surface area contributed by atoms with Crippen molar-refractivity contribution in [3.05, 3.63) is 71.2 Å². The second kappa shape index (κ2) is 11.2. The van der Waals surface area contributed by atoms with Gasteiger partial charge in [-0.1, -0.05) is 38.1 Å². The number of carbonyl (C=O) groups excluding carboxylic acids is 1. The van der Waals surface area contributed by atoms with Gasteiger partial charge in [0.25, 0.3) is 0 Å². The second-order valence-corrected chi connectivity index (χ2v) is 9.77. The zero-order valence-corrected chi connectivity index (χ0v) is 20.4. The first kappa shape index (κ1) is 24.6. The molecule has 9 heteroatoms. The minimum atomic E-state index is -3.51. The molecule has 1 heterocycles. The van der Waals surface area contributed by atoms with Crippen LogP contribution < -0.4 is 4.74 Å². The zero-order valence-electron chi connectivity index (χ0n) is 18.7. The molecular formula is C24H26N2O5S2. The number of hydrogen-bond acceptors (Lipinski definition) is 7. The maximum atomic E-state index is 12.5. The van der Waals surface area contributed by atoms with E-state index < -0.39 is 16.0 Å². The van der Waals surface area contributed by atoms with Crippen molar-refractivity contribution < 1.29 is 22.7 Å². The SMILES string of the molecule is CCN(CC)S(=O)(=O)c1ccc(/C=C/C(=O)OCc2csc(-c3cccc(OC)c3)n2)cc1. The minimum Gasteiger partial charge on any atom is -0.497 e. The lowest BCUT2D eigenvalue weighted by Crippen LogP contribution is -2.30. The number of esters is 1. The number of carbonyl (C=O) groups is 1. The van der Waals surface area contributed by atoms with Crippen LogP contribution in [0.15, 0.2) is 64.9 Å². The van der Waals surface area contributed by atoms with E-state index in [9.17, 15) is 13.2 Å². The average Bonchev–Trinajstić information content (AvgIpc) is 3.31. The van der Waals surface area contributed by atoms with Crippen molar-refractivity contribution in [1.82, 2.24) is 9.29 Å². The molecule has 0 radical (unpaired) electrons. The van der Waals surface area contributed by atoms with Crippen molar-refractivity contribution in [2.24, 2.45) is 0 Å². The fraction of sp³-hybridized carbons (Fsp3) is 0.250. The number of sulfonamides is 1. The van der Waals surface area contributed by atoms with Crippen molar-refractivity contribution in [3.8, 4) is 16.3 Å². The molecule has 0 aliphatic carbocycles. The summed E-state index contributed by atoms with van der Waals surface area (Å²) in [6, 6.07) is 14.0. The number of benzene rings is 2. The molecule has 3 aromatic rings. The molecule has 7 nitrogen and oxygen atoms in total. The van der Waals surface area contributed by atoms with Crippen LogP contribution >= 0.6 is 11.3 Å². The Bertz CT molecular complexity index is 1210. The van der Waals surface area contributed by atoms with E-state index in [0.717, 1.165) is 16.3 Å². The van der Waals surface area contributed by atoms with Gasteiger partial charge in [-0.05, 0) is 35.9 Å². The molecule has 0 bridgehead atoms. The lowest BCUT2D eigenvalue weighted by Gasteiger charge is -2.18. The van der Waals surface area contributed by atoms with Gasteiger partial charge in [0.15, 0.2) is 0 Å². The third-order valence-corrected chi connectivity index (χ3v) is 7.87. The van der Waals surface area contributed by atoms with Crippen LogP contribution in [0.3, 0.4) is 0 Å². The maximum Gasteiger partial charge on any atom is 0.331 e. The van der Waals surface area contributed by atoms with Gasteiger partial charge < -0.3 is 9.47 Å². The van der Waals surface area contributed by atoms with Crippen molar-refractivity contribution >= 4 is 33.4 Å². The highest BCUT2D eigenvalue weighted by atomic mass is 32.2. The van der Waals surface area contributed by atoms with E-state index >= 15 is 0 Å². The van der Waals surface area contributed by atoms with E-state index in [1.165, 1.54) is 33.9 Å². The molecule has 3 rings (SSSR count). The van der Waals surface area contributed by atoms with Gasteiger partial charge in [-0.2, -0.15) is 4.31 Å². The predicted molar refractivity (Wildman–Crippen MR) is 129 cm³/mol. The number of thiazole rings is 1. The first-order chi connectivity index (χ1) is 15.9. The van der Waals surface area contributed by atoms with Crippen LogP contribution in [0.2, 0.25) is 0 Å². The van der Waals surface area contributed by atoms with Crippen LogP contribution in [0.5, 0.6) is 5.75 Å². The standard InChI is InChI=1S/C24H26N2O5S2/c1-4-26(5-2)33(28,29)22-12-9-18(10-13-22)11-14-23(27)31-16-20-17-32-24(25-20)19-7-6-8-21(15-19)30-3/h6-15,17H,4-5,16H2,1-3H3/b14-11+. The summed E-state index contributed by atoms with van der Waals surface area (Å²) in [7, 11) is -1.89. The van der Waals surface area contributed by atoms with Gasteiger partial charge >= 0.3 is 5.97 Å². The van der Waals surface area contributed by atoms with E-state index in [4.69, 9.17) is 9.47 Å². The van der Waals surface area contributed by atoms with Gasteiger partial charge in [0.2, 0.25) is 10.0 Å². The number of methoxy groups -OCH3 is 1. The highest BCUT2D eigenvalue weighted by Gasteiger charge is 2.20. The second-order valence-electron chi connectivity index (χ2n) is 6.98. The molecule has 33 heavy (non-hydrogen) atoms. The summed E-state index contributed by atoms with van der Waals surface area (Å²) in [6.07, 6.45) is 2.89. The number of rotatable bonds is 10. The topological polar surface area (TPSA) is 85.8 Å². The van der Waals surface area contributed by atoms with Gasteiger partial charge in [0.1, 0.15) is 17.4 Å². The van der Waals surface area contributed by atoms with Crippen LogP contribution in [0.25, 0.3) is 16.6 Å². The molecule has 0 saturated heterocycles. The van der Waals surface area contributed by atoms with Gasteiger partial charge in [-0.15, -0.1) is 11.3 Å². The summed E-state index contributed by atoms with van der Waals surface area (Å²) in [5.74, 6) is 0.241. The van der Waals surface area contributed by atoms with Crippen LogP contribution in [-0.4, -0.2) is 43.9 Å². The first-order valence-corrected chi connectivity index (χ1v) is 12.7. The smallest absolute Gasteiger partial charge is 0.331 e. The Balaban J connectivity index is 1.57. The van der Waals surface area contributed by atoms with Gasteiger partial charge in [0.05, 0.1) is 17.7 Å². The van der Waals surface area contributed by atoms with Crippen LogP contribution in [0.4, 0.5) is 0 Å². The van der Waals surface area contributed by atoms with Crippen molar-refractivity contribution in [3.63, 3.8) is 0 Å². The summed E-state index contributed by atoms with van der Waals surface area (Å²) in [5.41, 5.74) is 2.29. The number of aromatic nitrogens is 1. The molecule has 0 saturated carbocycles. The summed E-state index contributed by atoms with van der Waals surface area (Å²) < 4.78 is 37.0. The molecule has 0 aliphatic rings. The lowest BCUT2D eigenvalue weighted by atomic mass is 10.2. The molecule has 2 aromatic carbocycles. The Hall–Kier alpha value is -3.01. The summed E-state index contributed by atoms with van der Waals surface area (Å²) in [4.78, 5) is 16.8. The Morgan fingerprint density at radius 2 is 1.85 bits per heavy atom. The molecule has 0 unspecified atom stereocenters. The Morgan fingerprint density at radius 1 is 1.12 bits per heavy atom. The largest absolute Gasteiger partial charge is 0.497 e. The highest BCUT2D eigenvalue weighted by molar-refractivity contribution is 7.89. The molecule has 0 fully saturated rings. The van der Waals surface area contributed by atoms with Gasteiger partial charge in [-0.3, -0.25) is 0 Å². The normalized spacial score (nSPS) is 11.8. The summed E-state index contributed by atoms with van der Waals surface area (Å²) in [5, 5.41) is 2.66. The lowest BCUT2D eigenvalue weighted by molar-refractivity contribution is -0.139. The van der Waals surface area contributed by atoms with Gasteiger partial charge in [0, 0.05) is 30.1 Å². The molecular weight excluding hydrogens is 460 g/mol. The zero-order chi connectivity index (χ0) is 23.8. The monoisotopic (exact) mass is 486 g/mol.